The predicted octanol–water partition coefficient (Wildman–Crippen LogP) is 4.29. The van der Waals surface area contributed by atoms with Gasteiger partial charge in [-0.1, -0.05) is 6.92 Å². The van der Waals surface area contributed by atoms with Crippen LogP contribution in [-0.4, -0.2) is 50.2 Å². The molecule has 0 aromatic rings. The molecule has 0 amide bonds. The first-order chi connectivity index (χ1) is 13.5. The van der Waals surface area contributed by atoms with E-state index in [1.165, 1.54) is 32.1 Å². The van der Waals surface area contributed by atoms with Crippen LogP contribution in [0, 0.1) is 34.5 Å². The highest BCUT2D eigenvalue weighted by atomic mass is 16.5. The molecule has 4 aliphatic rings. The first-order valence-corrected chi connectivity index (χ1v) is 11.6. The molecule has 1 atom stereocenters. The molecule has 1 unspecified atom stereocenters. The van der Waals surface area contributed by atoms with Crippen molar-refractivity contribution >= 4 is 11.9 Å². The number of carbonyl (C=O) groups is 2. The van der Waals surface area contributed by atoms with E-state index in [0.29, 0.717) is 37.8 Å². The number of likely N-dealkylation sites (N-methyl/N-ethyl adjacent to an activating group) is 1. The fourth-order valence-corrected chi connectivity index (χ4v) is 6.24. The third-order valence-electron chi connectivity index (χ3n) is 7.81. The van der Waals surface area contributed by atoms with Gasteiger partial charge in [-0.25, -0.2) is 0 Å². The Bertz CT molecular complexity index is 586. The maximum Gasteiger partial charge on any atom is 0.312 e. The number of esters is 2. The molecule has 0 N–H and O–H groups in total. The molecule has 0 aromatic heterocycles. The third kappa shape index (κ3) is 4.98. The second-order valence-electron chi connectivity index (χ2n) is 11.2. The van der Waals surface area contributed by atoms with Crippen LogP contribution in [0.2, 0.25) is 0 Å². The summed E-state index contributed by atoms with van der Waals surface area (Å²) in [6.45, 7) is 8.81. The molecular formula is C24H41NO4. The van der Waals surface area contributed by atoms with Gasteiger partial charge in [-0.15, -0.1) is 0 Å². The zero-order valence-electron chi connectivity index (χ0n) is 19.3. The van der Waals surface area contributed by atoms with Gasteiger partial charge in [-0.05, 0) is 103 Å². The van der Waals surface area contributed by atoms with Crippen molar-refractivity contribution in [3.63, 3.8) is 0 Å². The largest absolute Gasteiger partial charge is 0.464 e. The second-order valence-corrected chi connectivity index (χ2v) is 11.2. The van der Waals surface area contributed by atoms with E-state index in [0.717, 1.165) is 11.8 Å². The first kappa shape index (κ1) is 22.6. The van der Waals surface area contributed by atoms with Crippen molar-refractivity contribution in [2.24, 2.45) is 34.5 Å². The monoisotopic (exact) mass is 407 g/mol. The maximum atomic E-state index is 13.3. The van der Waals surface area contributed by atoms with Crippen LogP contribution >= 0.6 is 0 Å². The lowest BCUT2D eigenvalue weighted by atomic mass is 9.55. The molecule has 4 saturated carbocycles. The normalized spacial score (nSPS) is 32.9. The van der Waals surface area contributed by atoms with Crippen molar-refractivity contribution < 1.29 is 19.1 Å². The van der Waals surface area contributed by atoms with Crippen LogP contribution in [-0.2, 0) is 19.1 Å². The molecule has 5 nitrogen and oxygen atoms in total. The van der Waals surface area contributed by atoms with Gasteiger partial charge >= 0.3 is 11.9 Å². The van der Waals surface area contributed by atoms with Gasteiger partial charge in [0.25, 0.3) is 0 Å². The molecule has 0 heterocycles. The lowest BCUT2D eigenvalue weighted by Gasteiger charge is -2.54. The maximum absolute atomic E-state index is 13.3. The molecule has 4 rings (SSSR count). The number of hydrogen-bond donors (Lipinski definition) is 0. The molecule has 166 valence electrons. The van der Waals surface area contributed by atoms with Crippen LogP contribution in [0.15, 0.2) is 0 Å². The minimum absolute atomic E-state index is 0.0938. The van der Waals surface area contributed by atoms with Crippen LogP contribution in [0.4, 0.5) is 0 Å². The van der Waals surface area contributed by atoms with Gasteiger partial charge in [0.15, 0.2) is 0 Å². The van der Waals surface area contributed by atoms with E-state index >= 15 is 0 Å². The zero-order valence-corrected chi connectivity index (χ0v) is 19.3. The van der Waals surface area contributed by atoms with Crippen molar-refractivity contribution in [3.8, 4) is 0 Å². The predicted molar refractivity (Wildman–Crippen MR) is 113 cm³/mol. The van der Waals surface area contributed by atoms with Crippen LogP contribution in [0.1, 0.15) is 72.6 Å². The number of nitrogens with zero attached hydrogens (tertiary/aromatic N) is 1. The highest BCUT2D eigenvalue weighted by Crippen LogP contribution is 2.55. The van der Waals surface area contributed by atoms with Gasteiger partial charge in [-0.3, -0.25) is 9.59 Å². The Labute approximate surface area is 176 Å². The van der Waals surface area contributed by atoms with E-state index in [2.05, 4.69) is 0 Å². The summed E-state index contributed by atoms with van der Waals surface area (Å²) in [4.78, 5) is 28.0. The van der Waals surface area contributed by atoms with E-state index in [1.807, 2.05) is 46.7 Å². The number of rotatable bonds is 9. The fraction of sp³-hybridized carbons (Fsp3) is 0.917. The van der Waals surface area contributed by atoms with Crippen LogP contribution in [0.5, 0.6) is 0 Å². The number of hydrogen-bond acceptors (Lipinski definition) is 5. The van der Waals surface area contributed by atoms with E-state index in [-0.39, 0.29) is 18.0 Å². The van der Waals surface area contributed by atoms with Crippen molar-refractivity contribution in [1.82, 2.24) is 4.90 Å². The van der Waals surface area contributed by atoms with Gasteiger partial charge in [-0.2, -0.15) is 0 Å². The van der Waals surface area contributed by atoms with Gasteiger partial charge in [0, 0.05) is 6.54 Å². The summed E-state index contributed by atoms with van der Waals surface area (Å²) < 4.78 is 11.7. The molecule has 0 spiro atoms. The molecule has 29 heavy (non-hydrogen) atoms. The zero-order chi connectivity index (χ0) is 21.4. The summed E-state index contributed by atoms with van der Waals surface area (Å²) >= 11 is 0. The van der Waals surface area contributed by atoms with Gasteiger partial charge in [0.05, 0.1) is 10.8 Å². The van der Waals surface area contributed by atoms with Crippen LogP contribution in [0.25, 0.3) is 0 Å². The quantitative estimate of drug-likeness (QED) is 0.534. The molecule has 4 fully saturated rings. The molecule has 5 heteroatoms. The SMILES string of the molecule is CCC(C)(CC(C)(C)C(=O)OCCN(C)C)C(=O)OC1C2CC3CC(C2)CC1C3. The lowest BCUT2D eigenvalue weighted by molar-refractivity contribution is -0.184. The standard InChI is InChI=1S/C24H41NO4/c1-7-24(4,15-23(2,3)21(26)28-9-8-25(5)6)22(27)29-20-18-11-16-10-17(13-18)14-19(20)12-16/h16-20H,7-15H2,1-6H3. The Balaban J connectivity index is 1.60. The Morgan fingerprint density at radius 3 is 1.97 bits per heavy atom. The Hall–Kier alpha value is -1.10. The average molecular weight is 408 g/mol. The van der Waals surface area contributed by atoms with Crippen molar-refractivity contribution in [2.45, 2.75) is 78.7 Å². The summed E-state index contributed by atoms with van der Waals surface area (Å²) in [7, 11) is 3.90. The van der Waals surface area contributed by atoms with E-state index in [1.54, 1.807) is 0 Å². The fourth-order valence-electron chi connectivity index (χ4n) is 6.24. The topological polar surface area (TPSA) is 55.8 Å². The van der Waals surface area contributed by atoms with Crippen molar-refractivity contribution in [2.75, 3.05) is 27.2 Å². The summed E-state index contributed by atoms with van der Waals surface area (Å²) in [5, 5.41) is 0. The Kier molecular flexibility index (Phi) is 6.67. The highest BCUT2D eigenvalue weighted by molar-refractivity contribution is 5.80. The Morgan fingerprint density at radius 2 is 1.48 bits per heavy atom. The molecule has 0 saturated heterocycles. The molecular weight excluding hydrogens is 366 g/mol. The number of carbonyl (C=O) groups excluding carboxylic acids is 2. The minimum Gasteiger partial charge on any atom is -0.464 e. The molecule has 0 radical (unpaired) electrons. The van der Waals surface area contributed by atoms with E-state index < -0.39 is 10.8 Å². The first-order valence-electron chi connectivity index (χ1n) is 11.6. The molecule has 4 bridgehead atoms. The lowest BCUT2D eigenvalue weighted by Crippen LogP contribution is -2.51. The molecule has 0 aliphatic heterocycles. The minimum atomic E-state index is -0.722. The highest BCUT2D eigenvalue weighted by Gasteiger charge is 2.51. The summed E-state index contributed by atoms with van der Waals surface area (Å²) in [5.41, 5.74) is -1.39. The van der Waals surface area contributed by atoms with Crippen molar-refractivity contribution in [1.29, 1.82) is 0 Å². The van der Waals surface area contributed by atoms with E-state index in [9.17, 15) is 9.59 Å². The average Bonchev–Trinajstić information content (AvgIpc) is 2.63. The van der Waals surface area contributed by atoms with E-state index in [4.69, 9.17) is 9.47 Å². The Morgan fingerprint density at radius 1 is 0.931 bits per heavy atom. The molecule has 4 aliphatic carbocycles. The summed E-state index contributed by atoms with van der Waals surface area (Å²) in [5.74, 6) is 2.48. The summed E-state index contributed by atoms with van der Waals surface area (Å²) in [6.07, 6.45) is 7.53. The third-order valence-corrected chi connectivity index (χ3v) is 7.81. The smallest absolute Gasteiger partial charge is 0.312 e. The van der Waals surface area contributed by atoms with Gasteiger partial charge in [0.1, 0.15) is 12.7 Å². The van der Waals surface area contributed by atoms with Crippen LogP contribution < -0.4 is 0 Å². The van der Waals surface area contributed by atoms with Gasteiger partial charge in [0.2, 0.25) is 0 Å². The summed E-state index contributed by atoms with van der Waals surface area (Å²) in [6, 6.07) is 0. The number of ether oxygens (including phenoxy) is 2. The van der Waals surface area contributed by atoms with Crippen LogP contribution in [0.3, 0.4) is 0 Å². The van der Waals surface area contributed by atoms with Gasteiger partial charge < -0.3 is 14.4 Å². The molecule has 0 aromatic carbocycles. The second kappa shape index (κ2) is 8.56. The van der Waals surface area contributed by atoms with Crippen molar-refractivity contribution in [3.05, 3.63) is 0 Å².